The summed E-state index contributed by atoms with van der Waals surface area (Å²) in [5.74, 6) is -0.332. The molecule has 0 aromatic heterocycles. The zero-order chi connectivity index (χ0) is 16.1. The maximum atomic E-state index is 12.4. The Morgan fingerprint density at radius 2 is 2.09 bits per heavy atom. The van der Waals surface area contributed by atoms with E-state index < -0.39 is 5.60 Å². The van der Waals surface area contributed by atoms with E-state index in [0.29, 0.717) is 12.0 Å². The highest BCUT2D eigenvalue weighted by atomic mass is 16.6. The van der Waals surface area contributed by atoms with E-state index >= 15 is 0 Å². The Morgan fingerprint density at radius 1 is 1.30 bits per heavy atom. The number of carbonyl (C=O) groups is 2. The first-order valence-corrected chi connectivity index (χ1v) is 8.20. The number of rotatable bonds is 2. The summed E-state index contributed by atoms with van der Waals surface area (Å²) in [6.45, 7) is 2.10. The lowest BCUT2D eigenvalue weighted by Gasteiger charge is -2.46. The van der Waals surface area contributed by atoms with Crippen LogP contribution in [0.5, 0.6) is 0 Å². The average molecular weight is 312 g/mol. The molecule has 1 heterocycles. The van der Waals surface area contributed by atoms with Gasteiger partial charge in [0, 0.05) is 11.3 Å². The molecule has 1 aromatic carbocycles. The van der Waals surface area contributed by atoms with Gasteiger partial charge in [-0.05, 0) is 31.4 Å². The summed E-state index contributed by atoms with van der Waals surface area (Å²) < 4.78 is 11.7. The van der Waals surface area contributed by atoms with Crippen LogP contribution in [0.4, 0.5) is 0 Å². The third-order valence-corrected chi connectivity index (χ3v) is 5.91. The van der Waals surface area contributed by atoms with Crippen LogP contribution in [0.2, 0.25) is 0 Å². The molecule has 4 rings (SSSR count). The fourth-order valence-corrected chi connectivity index (χ4v) is 4.63. The van der Waals surface area contributed by atoms with E-state index in [1.807, 2.05) is 18.2 Å². The number of benzene rings is 1. The number of esters is 2. The van der Waals surface area contributed by atoms with Crippen LogP contribution in [0.3, 0.4) is 0 Å². The van der Waals surface area contributed by atoms with E-state index in [1.54, 1.807) is 12.1 Å². The van der Waals surface area contributed by atoms with Gasteiger partial charge in [0.15, 0.2) is 0 Å². The van der Waals surface area contributed by atoms with Crippen molar-refractivity contribution in [2.75, 3.05) is 0 Å². The summed E-state index contributed by atoms with van der Waals surface area (Å²) in [6.07, 6.45) is 6.69. The molecule has 1 saturated heterocycles. The largest absolute Gasteiger partial charge is 0.458 e. The monoisotopic (exact) mass is 312 g/mol. The Labute approximate surface area is 135 Å². The maximum absolute atomic E-state index is 12.4. The topological polar surface area (TPSA) is 52.6 Å². The summed E-state index contributed by atoms with van der Waals surface area (Å²) in [5, 5.41) is 0. The molecule has 1 aromatic rings. The third-order valence-electron chi connectivity index (χ3n) is 5.91. The van der Waals surface area contributed by atoms with Gasteiger partial charge in [-0.15, -0.1) is 0 Å². The average Bonchev–Trinajstić information content (AvgIpc) is 3.02. The summed E-state index contributed by atoms with van der Waals surface area (Å²) in [7, 11) is 0. The smallest absolute Gasteiger partial charge is 0.338 e. The zero-order valence-electron chi connectivity index (χ0n) is 13.2. The van der Waals surface area contributed by atoms with E-state index in [0.717, 1.165) is 19.3 Å². The molecular weight excluding hydrogens is 292 g/mol. The van der Waals surface area contributed by atoms with Crippen LogP contribution in [-0.2, 0) is 14.3 Å². The second kappa shape index (κ2) is 4.95. The zero-order valence-corrected chi connectivity index (χ0v) is 13.2. The predicted octanol–water partition coefficient (Wildman–Crippen LogP) is 3.27. The minimum Gasteiger partial charge on any atom is -0.458 e. The summed E-state index contributed by atoms with van der Waals surface area (Å²) in [6, 6.07) is 9.04. The fraction of sp³-hybridized carbons (Fsp3) is 0.474. The van der Waals surface area contributed by atoms with Crippen molar-refractivity contribution in [1.29, 1.82) is 0 Å². The molecule has 1 spiro atoms. The summed E-state index contributed by atoms with van der Waals surface area (Å²) in [4.78, 5) is 24.3. The van der Waals surface area contributed by atoms with Gasteiger partial charge >= 0.3 is 11.9 Å². The number of hydrogen-bond acceptors (Lipinski definition) is 4. The van der Waals surface area contributed by atoms with Crippen molar-refractivity contribution >= 4 is 11.9 Å². The van der Waals surface area contributed by atoms with Gasteiger partial charge in [-0.2, -0.15) is 0 Å². The quantitative estimate of drug-likeness (QED) is 0.621. The van der Waals surface area contributed by atoms with Crippen molar-refractivity contribution in [3.63, 3.8) is 0 Å². The molecule has 4 heteroatoms. The number of ether oxygens (including phenoxy) is 2. The van der Waals surface area contributed by atoms with Crippen LogP contribution >= 0.6 is 0 Å². The predicted molar refractivity (Wildman–Crippen MR) is 83.7 cm³/mol. The van der Waals surface area contributed by atoms with E-state index in [1.165, 1.54) is 0 Å². The fourth-order valence-electron chi connectivity index (χ4n) is 4.63. The van der Waals surface area contributed by atoms with Crippen molar-refractivity contribution in [2.24, 2.45) is 11.3 Å². The van der Waals surface area contributed by atoms with E-state index in [2.05, 4.69) is 19.1 Å². The lowest BCUT2D eigenvalue weighted by Crippen LogP contribution is -2.52. The molecule has 4 nitrogen and oxygen atoms in total. The highest BCUT2D eigenvalue weighted by Crippen LogP contribution is 2.61. The Hall–Kier alpha value is -2.10. The van der Waals surface area contributed by atoms with Crippen LogP contribution in [0.1, 0.15) is 43.0 Å². The van der Waals surface area contributed by atoms with Gasteiger partial charge in [0.1, 0.15) is 11.7 Å². The normalized spacial score (nSPS) is 37.9. The summed E-state index contributed by atoms with van der Waals surface area (Å²) >= 11 is 0. The first kappa shape index (κ1) is 14.5. The Kier molecular flexibility index (Phi) is 3.12. The van der Waals surface area contributed by atoms with Gasteiger partial charge in [0.2, 0.25) is 0 Å². The van der Waals surface area contributed by atoms with Crippen LogP contribution in [0.25, 0.3) is 0 Å². The molecule has 0 amide bonds. The van der Waals surface area contributed by atoms with Crippen molar-refractivity contribution in [3.8, 4) is 0 Å². The lowest BCUT2D eigenvalue weighted by molar-refractivity contribution is -0.165. The number of hydrogen-bond donors (Lipinski definition) is 0. The van der Waals surface area contributed by atoms with Crippen molar-refractivity contribution in [3.05, 3.63) is 48.0 Å². The third kappa shape index (κ3) is 1.97. The molecule has 120 valence electrons. The van der Waals surface area contributed by atoms with Gasteiger partial charge in [-0.1, -0.05) is 37.3 Å². The van der Waals surface area contributed by atoms with Gasteiger partial charge in [0.05, 0.1) is 12.0 Å². The standard InChI is InChI=1S/C19H20O4/c1-18-10-5-8-14-12-16(20)23-19(14,18)11-9-15(18)22-17(21)13-6-3-2-4-7-13/h2-8,14-15H,9-12H2,1H3/t14-,15+,18+,19-/m1/s1. The molecule has 0 bridgehead atoms. The molecule has 0 N–H and O–H groups in total. The van der Waals surface area contributed by atoms with Crippen LogP contribution in [0, 0.1) is 11.3 Å². The number of allylic oxidation sites excluding steroid dienone is 1. The van der Waals surface area contributed by atoms with Gasteiger partial charge in [0.25, 0.3) is 0 Å². The molecular formula is C19H20O4. The molecule has 4 atom stereocenters. The van der Waals surface area contributed by atoms with Crippen LogP contribution in [-0.4, -0.2) is 23.6 Å². The molecule has 23 heavy (non-hydrogen) atoms. The van der Waals surface area contributed by atoms with Crippen molar-refractivity contribution in [1.82, 2.24) is 0 Å². The molecule has 0 radical (unpaired) electrons. The van der Waals surface area contributed by atoms with Crippen LogP contribution < -0.4 is 0 Å². The molecule has 3 aliphatic rings. The number of carbonyl (C=O) groups excluding carboxylic acids is 2. The van der Waals surface area contributed by atoms with Gasteiger partial charge in [-0.25, -0.2) is 4.79 Å². The Morgan fingerprint density at radius 3 is 2.87 bits per heavy atom. The van der Waals surface area contributed by atoms with E-state index in [4.69, 9.17) is 9.47 Å². The SMILES string of the molecule is C[C@@]12CC=C[C@@H]3CC(=O)O[C@]31CC[C@@H]2OC(=O)c1ccccc1. The Balaban J connectivity index is 1.61. The van der Waals surface area contributed by atoms with Crippen LogP contribution in [0.15, 0.2) is 42.5 Å². The van der Waals surface area contributed by atoms with Crippen molar-refractivity contribution < 1.29 is 19.1 Å². The molecule has 2 aliphatic carbocycles. The highest BCUT2D eigenvalue weighted by Gasteiger charge is 2.67. The second-order valence-corrected chi connectivity index (χ2v) is 7.02. The maximum Gasteiger partial charge on any atom is 0.338 e. The van der Waals surface area contributed by atoms with Gasteiger partial charge < -0.3 is 9.47 Å². The van der Waals surface area contributed by atoms with Gasteiger partial charge in [-0.3, -0.25) is 4.79 Å². The molecule has 0 unspecified atom stereocenters. The van der Waals surface area contributed by atoms with E-state index in [-0.39, 0.29) is 29.4 Å². The summed E-state index contributed by atoms with van der Waals surface area (Å²) in [5.41, 5.74) is -0.285. The van der Waals surface area contributed by atoms with Crippen molar-refractivity contribution in [2.45, 2.75) is 44.3 Å². The second-order valence-electron chi connectivity index (χ2n) is 7.02. The van der Waals surface area contributed by atoms with E-state index in [9.17, 15) is 9.59 Å². The first-order chi connectivity index (χ1) is 11.1. The Bertz CT molecular complexity index is 680. The molecule has 1 aliphatic heterocycles. The minimum atomic E-state index is -0.500. The lowest BCUT2D eigenvalue weighted by atomic mass is 9.63. The first-order valence-electron chi connectivity index (χ1n) is 8.20. The highest BCUT2D eigenvalue weighted by molar-refractivity contribution is 5.89. The minimum absolute atomic E-state index is 0.106. The molecule has 1 saturated carbocycles. The molecule has 2 fully saturated rings.